The Labute approximate surface area is 151 Å². The van der Waals surface area contributed by atoms with Crippen LogP contribution in [0.2, 0.25) is 0 Å². The van der Waals surface area contributed by atoms with E-state index in [-0.39, 0.29) is 51.8 Å². The first-order chi connectivity index (χ1) is 10.6. The zero-order chi connectivity index (χ0) is 17.1. The molecule has 130 valence electrons. The molecule has 3 amide bonds. The van der Waals surface area contributed by atoms with Crippen LogP contribution in [0.3, 0.4) is 0 Å². The largest absolute Gasteiger partial charge is 0.394 e. The van der Waals surface area contributed by atoms with E-state index in [2.05, 4.69) is 16.7 Å². The second-order valence-electron chi connectivity index (χ2n) is 4.16. The Morgan fingerprint density at radius 3 is 2.39 bits per heavy atom. The van der Waals surface area contributed by atoms with Gasteiger partial charge in [-0.1, -0.05) is 27.7 Å². The number of amides is 3. The van der Waals surface area contributed by atoms with Crippen LogP contribution in [-0.2, 0) is 35.4 Å². The third kappa shape index (κ3) is 8.21. The molecule has 1 heterocycles. The van der Waals surface area contributed by atoms with Gasteiger partial charge in [0.05, 0.1) is 6.04 Å². The van der Waals surface area contributed by atoms with E-state index >= 15 is 0 Å². The molecule has 2 atom stereocenters. The summed E-state index contributed by atoms with van der Waals surface area (Å²) in [6.07, 6.45) is 4.64. The molecule has 0 aromatic rings. The smallest absolute Gasteiger partial charge is 0.248 e. The van der Waals surface area contributed by atoms with Crippen LogP contribution in [0.5, 0.6) is 0 Å². The van der Waals surface area contributed by atoms with Gasteiger partial charge in [-0.2, -0.15) is 12.2 Å². The number of halogens is 1. The van der Waals surface area contributed by atoms with Gasteiger partial charge in [-0.3, -0.25) is 14.9 Å². The van der Waals surface area contributed by atoms with Crippen LogP contribution >= 0.6 is 0 Å². The van der Waals surface area contributed by atoms with Crippen LogP contribution in [-0.4, -0.2) is 29.9 Å². The van der Waals surface area contributed by atoms with Gasteiger partial charge in [-0.15, -0.1) is 11.6 Å². The van der Waals surface area contributed by atoms with Crippen molar-refractivity contribution in [3.05, 3.63) is 23.8 Å². The monoisotopic (exact) mass is 495 g/mol. The zero-order valence-electron chi connectivity index (χ0n) is 13.9. The normalized spacial score (nSPS) is 22.0. The van der Waals surface area contributed by atoms with Gasteiger partial charge in [0.1, 0.15) is 12.1 Å². The molecular weight excluding hydrogens is 471 g/mol. The molecule has 1 aliphatic carbocycles. The number of hydrogen-bond acceptors (Lipinski definition) is 3. The van der Waals surface area contributed by atoms with Gasteiger partial charge in [0.25, 0.3) is 0 Å². The standard InChI is InChI=1S/C12H12FN2O3.2C2H6.W/c13-8-3-1-7(2-4-8)11(17)14-9-5-6-10(16)15-12(9)18;2*1-2;/h1,4,8-9H,3,5-6H2,(H,14,17)(H,15,16,18);2*1-2H3;/q-1;;;. The molecule has 0 aromatic heterocycles. The first-order valence-corrected chi connectivity index (χ1v) is 7.65. The number of carbonyl (C=O) groups excluding carboxylic acids is 3. The number of hydrogen-bond donors (Lipinski definition) is 2. The fourth-order valence-corrected chi connectivity index (χ4v) is 1.76. The van der Waals surface area contributed by atoms with Crippen LogP contribution in [0.1, 0.15) is 47.0 Å². The van der Waals surface area contributed by atoms with E-state index in [4.69, 9.17) is 0 Å². The molecule has 0 radical (unpaired) electrons. The van der Waals surface area contributed by atoms with Crippen LogP contribution in [0.15, 0.2) is 17.7 Å². The molecule has 2 unspecified atom stereocenters. The summed E-state index contributed by atoms with van der Waals surface area (Å²) in [6.45, 7) is 8.00. The minimum atomic E-state index is -1.11. The topological polar surface area (TPSA) is 75.3 Å². The number of piperidine rings is 1. The fourth-order valence-electron chi connectivity index (χ4n) is 1.76. The molecule has 0 spiro atoms. The molecule has 0 bridgehead atoms. The maximum absolute atomic E-state index is 12.8. The van der Waals surface area contributed by atoms with Gasteiger partial charge in [0.15, 0.2) is 0 Å². The average Bonchev–Trinajstić information content (AvgIpc) is 2.54. The zero-order valence-corrected chi connectivity index (χ0v) is 16.9. The van der Waals surface area contributed by atoms with Gasteiger partial charge < -0.3 is 10.1 Å². The summed E-state index contributed by atoms with van der Waals surface area (Å²) in [7, 11) is 0. The van der Waals surface area contributed by atoms with Gasteiger partial charge >= 0.3 is 0 Å². The summed E-state index contributed by atoms with van der Waals surface area (Å²) in [5.41, 5.74) is 0.216. The van der Waals surface area contributed by atoms with Gasteiger partial charge in [-0.05, 0) is 12.8 Å². The summed E-state index contributed by atoms with van der Waals surface area (Å²) in [6, 6.07) is -0.721. The number of nitrogens with one attached hydrogen (secondary N) is 2. The van der Waals surface area contributed by atoms with E-state index in [0.717, 1.165) is 0 Å². The Morgan fingerprint density at radius 2 is 1.91 bits per heavy atom. The van der Waals surface area contributed by atoms with Crippen LogP contribution in [0.25, 0.3) is 0 Å². The summed E-state index contributed by atoms with van der Waals surface area (Å²) < 4.78 is 12.8. The first-order valence-electron chi connectivity index (χ1n) is 7.65. The Morgan fingerprint density at radius 1 is 1.30 bits per heavy atom. The second-order valence-corrected chi connectivity index (χ2v) is 4.16. The van der Waals surface area contributed by atoms with Gasteiger partial charge in [0.2, 0.25) is 11.8 Å². The quantitative estimate of drug-likeness (QED) is 0.455. The molecule has 7 heteroatoms. The number of imide groups is 1. The van der Waals surface area contributed by atoms with Crippen LogP contribution < -0.4 is 10.6 Å². The minimum Gasteiger partial charge on any atom is -0.394 e. The van der Waals surface area contributed by atoms with Crippen molar-refractivity contribution in [2.24, 2.45) is 0 Å². The minimum absolute atomic E-state index is 0. The van der Waals surface area contributed by atoms with Crippen molar-refractivity contribution in [2.75, 3.05) is 0 Å². The predicted octanol–water partition coefficient (Wildman–Crippen LogP) is 1.99. The number of alkyl halides is 1. The predicted molar refractivity (Wildman–Crippen MR) is 82.4 cm³/mol. The van der Waals surface area contributed by atoms with Crippen molar-refractivity contribution in [3.63, 3.8) is 0 Å². The molecule has 2 aliphatic rings. The molecule has 2 rings (SSSR count). The Kier molecular flexibility index (Phi) is 13.7. The van der Waals surface area contributed by atoms with E-state index in [1.165, 1.54) is 12.2 Å². The fraction of sp³-hybridized carbons (Fsp3) is 0.562. The molecule has 2 N–H and O–H groups in total. The summed E-state index contributed by atoms with van der Waals surface area (Å²) in [4.78, 5) is 34.1. The number of carbonyl (C=O) groups is 3. The SMILES string of the molecule is CC.CC.O=C1CCC(NC(=O)C2=CCC(F)C=[C-]2)C(=O)N1.[W]. The number of allylic oxidation sites excluding steroid dienone is 2. The third-order valence-electron chi connectivity index (χ3n) is 2.76. The molecule has 1 aliphatic heterocycles. The van der Waals surface area contributed by atoms with Crippen molar-refractivity contribution in [1.29, 1.82) is 0 Å². The third-order valence-corrected chi connectivity index (χ3v) is 2.76. The van der Waals surface area contributed by atoms with Crippen molar-refractivity contribution in [3.8, 4) is 0 Å². The summed E-state index contributed by atoms with van der Waals surface area (Å²) in [5.74, 6) is -1.33. The van der Waals surface area contributed by atoms with E-state index in [1.54, 1.807) is 0 Å². The Hall–Kier alpha value is -1.29. The van der Waals surface area contributed by atoms with Gasteiger partial charge in [0, 0.05) is 27.5 Å². The number of rotatable bonds is 2. The molecule has 0 aromatic carbocycles. The summed E-state index contributed by atoms with van der Waals surface area (Å²) in [5, 5.41) is 4.64. The average molecular weight is 495 g/mol. The van der Waals surface area contributed by atoms with Crippen molar-refractivity contribution in [1.82, 2.24) is 10.6 Å². The molecule has 0 saturated carbocycles. The van der Waals surface area contributed by atoms with Crippen molar-refractivity contribution < 1.29 is 39.8 Å². The van der Waals surface area contributed by atoms with E-state index < -0.39 is 24.0 Å². The van der Waals surface area contributed by atoms with E-state index in [9.17, 15) is 18.8 Å². The van der Waals surface area contributed by atoms with E-state index in [1.807, 2.05) is 27.7 Å². The molecular formula is C16H24FN2O3W-. The molecule has 1 fully saturated rings. The van der Waals surface area contributed by atoms with Crippen molar-refractivity contribution >= 4 is 17.7 Å². The maximum atomic E-state index is 12.8. The van der Waals surface area contributed by atoms with E-state index in [0.29, 0.717) is 0 Å². The van der Waals surface area contributed by atoms with Crippen molar-refractivity contribution in [2.45, 2.75) is 59.2 Å². The first kappa shape index (κ1) is 24.0. The Balaban J connectivity index is 0. The molecule has 1 saturated heterocycles. The molecule has 23 heavy (non-hydrogen) atoms. The van der Waals surface area contributed by atoms with Crippen LogP contribution in [0, 0.1) is 6.08 Å². The van der Waals surface area contributed by atoms with Gasteiger partial charge in [-0.25, -0.2) is 4.39 Å². The molecule has 5 nitrogen and oxygen atoms in total. The Bertz CT molecular complexity index is 464. The maximum Gasteiger partial charge on any atom is 0.248 e. The van der Waals surface area contributed by atoms with Crippen LogP contribution in [0.4, 0.5) is 4.39 Å². The summed E-state index contributed by atoms with van der Waals surface area (Å²) >= 11 is 0. The second kappa shape index (κ2) is 13.2.